The number of carbonyl (C=O) groups excluding carboxylic acids is 3. The molecule has 0 bridgehead atoms. The second-order valence-corrected chi connectivity index (χ2v) is 6.84. The number of aromatic nitrogens is 1. The van der Waals surface area contributed by atoms with E-state index < -0.39 is 35.1 Å². The van der Waals surface area contributed by atoms with Gasteiger partial charge in [0.15, 0.2) is 6.10 Å². The molecule has 1 aromatic heterocycles. The van der Waals surface area contributed by atoms with Gasteiger partial charge >= 0.3 is 12.0 Å². The number of pyridine rings is 1. The van der Waals surface area contributed by atoms with Crippen molar-refractivity contribution < 1.29 is 19.1 Å². The quantitative estimate of drug-likeness (QED) is 0.721. The Balaban J connectivity index is 2.06. The number of benzene rings is 1. The lowest BCUT2D eigenvalue weighted by molar-refractivity contribution is -0.127. The van der Waals surface area contributed by atoms with E-state index >= 15 is 0 Å². The van der Waals surface area contributed by atoms with Crippen LogP contribution < -0.4 is 16.2 Å². The molecule has 0 aliphatic heterocycles. The average Bonchev–Trinajstić information content (AvgIpc) is 2.52. The predicted molar refractivity (Wildman–Crippen MR) is 95.9 cm³/mol. The Morgan fingerprint density at radius 2 is 1.81 bits per heavy atom. The molecule has 138 valence electrons. The fourth-order valence-electron chi connectivity index (χ4n) is 2.18. The van der Waals surface area contributed by atoms with E-state index in [9.17, 15) is 19.2 Å². The normalized spacial score (nSPS) is 12.3. The largest absolute Gasteiger partial charge is 0.448 e. The van der Waals surface area contributed by atoms with Crippen LogP contribution in [0, 0.1) is 0 Å². The van der Waals surface area contributed by atoms with Crippen molar-refractivity contribution in [1.29, 1.82) is 0 Å². The number of ether oxygens (including phenoxy) is 1. The molecule has 3 N–H and O–H groups in total. The number of imide groups is 1. The van der Waals surface area contributed by atoms with E-state index in [2.05, 4.69) is 15.6 Å². The summed E-state index contributed by atoms with van der Waals surface area (Å²) >= 11 is 0. The maximum Gasteiger partial charge on any atom is 0.355 e. The molecule has 26 heavy (non-hydrogen) atoms. The lowest BCUT2D eigenvalue weighted by Crippen LogP contribution is -2.50. The number of urea groups is 1. The fourth-order valence-corrected chi connectivity index (χ4v) is 2.18. The lowest BCUT2D eigenvalue weighted by Gasteiger charge is -2.21. The number of hydrogen-bond acceptors (Lipinski definition) is 5. The van der Waals surface area contributed by atoms with Gasteiger partial charge in [0, 0.05) is 10.9 Å². The van der Waals surface area contributed by atoms with Gasteiger partial charge in [-0.3, -0.25) is 14.9 Å². The Kier molecular flexibility index (Phi) is 5.44. The zero-order valence-electron chi connectivity index (χ0n) is 15.0. The number of carbonyl (C=O) groups is 3. The second kappa shape index (κ2) is 7.38. The molecule has 0 unspecified atom stereocenters. The number of esters is 1. The Hall–Kier alpha value is -3.16. The summed E-state index contributed by atoms with van der Waals surface area (Å²) in [5.41, 5.74) is -1.03. The van der Waals surface area contributed by atoms with E-state index in [0.717, 1.165) is 0 Å². The minimum atomic E-state index is -1.22. The van der Waals surface area contributed by atoms with Crippen molar-refractivity contribution >= 4 is 28.7 Å². The zero-order chi connectivity index (χ0) is 19.5. The van der Waals surface area contributed by atoms with Crippen molar-refractivity contribution in [2.45, 2.75) is 39.3 Å². The van der Waals surface area contributed by atoms with Crippen LogP contribution in [0.25, 0.3) is 10.8 Å². The van der Waals surface area contributed by atoms with Gasteiger partial charge in [-0.25, -0.2) is 9.59 Å². The highest BCUT2D eigenvalue weighted by atomic mass is 16.5. The minimum Gasteiger partial charge on any atom is -0.448 e. The van der Waals surface area contributed by atoms with Crippen molar-refractivity contribution in [2.24, 2.45) is 0 Å². The molecule has 0 radical (unpaired) electrons. The van der Waals surface area contributed by atoms with Crippen molar-refractivity contribution in [2.75, 3.05) is 0 Å². The van der Waals surface area contributed by atoms with Crippen molar-refractivity contribution in [1.82, 2.24) is 15.6 Å². The molecule has 0 saturated carbocycles. The molecule has 0 fully saturated rings. The molecule has 0 aliphatic rings. The second-order valence-electron chi connectivity index (χ2n) is 6.84. The van der Waals surface area contributed by atoms with Gasteiger partial charge in [-0.2, -0.15) is 0 Å². The standard InChI is InChI=1S/C18H21N3O5/c1-10(14(22)20-17(25)21-18(2,3)4)26-16(24)13-9-11-7-5-6-8-12(11)15(23)19-13/h5-10H,1-4H3,(H,19,23)(H2,20,21,22,25)/t10-/m0/s1. The van der Waals surface area contributed by atoms with Gasteiger partial charge in [-0.15, -0.1) is 0 Å². The van der Waals surface area contributed by atoms with Crippen molar-refractivity contribution in [3.63, 3.8) is 0 Å². The zero-order valence-corrected chi connectivity index (χ0v) is 15.0. The molecular weight excluding hydrogens is 338 g/mol. The minimum absolute atomic E-state index is 0.0764. The average molecular weight is 359 g/mol. The van der Waals surface area contributed by atoms with E-state index in [1.807, 2.05) is 0 Å². The van der Waals surface area contributed by atoms with Crippen LogP contribution >= 0.6 is 0 Å². The summed E-state index contributed by atoms with van der Waals surface area (Å²) in [5, 5.41) is 5.67. The Morgan fingerprint density at radius 1 is 1.15 bits per heavy atom. The van der Waals surface area contributed by atoms with Crippen LogP contribution in [0.3, 0.4) is 0 Å². The maximum atomic E-state index is 12.2. The molecule has 8 nitrogen and oxygen atoms in total. The summed E-state index contributed by atoms with van der Waals surface area (Å²) in [6, 6.07) is 7.55. The molecule has 1 heterocycles. The van der Waals surface area contributed by atoms with Crippen LogP contribution in [-0.2, 0) is 9.53 Å². The van der Waals surface area contributed by atoms with E-state index in [1.54, 1.807) is 45.0 Å². The molecule has 8 heteroatoms. The van der Waals surface area contributed by atoms with E-state index in [1.165, 1.54) is 13.0 Å². The number of H-pyrrole nitrogens is 1. The van der Waals surface area contributed by atoms with E-state index in [0.29, 0.717) is 10.8 Å². The number of hydrogen-bond donors (Lipinski definition) is 3. The fraction of sp³-hybridized carbons (Fsp3) is 0.333. The highest BCUT2D eigenvalue weighted by molar-refractivity contribution is 5.99. The van der Waals surface area contributed by atoms with Gasteiger partial charge in [-0.05, 0) is 45.2 Å². The summed E-state index contributed by atoms with van der Waals surface area (Å²) in [4.78, 5) is 50.3. The van der Waals surface area contributed by atoms with Gasteiger partial charge in [0.1, 0.15) is 5.69 Å². The van der Waals surface area contributed by atoms with Crippen LogP contribution in [0.15, 0.2) is 35.1 Å². The lowest BCUT2D eigenvalue weighted by atomic mass is 10.1. The molecule has 2 rings (SSSR count). The summed E-state index contributed by atoms with van der Waals surface area (Å²) < 4.78 is 5.03. The third-order valence-electron chi connectivity index (χ3n) is 3.35. The third kappa shape index (κ3) is 4.92. The number of aromatic amines is 1. The number of amides is 3. The summed E-state index contributed by atoms with van der Waals surface area (Å²) in [6.45, 7) is 6.61. The first-order chi connectivity index (χ1) is 12.1. The number of fused-ring (bicyclic) bond motifs is 1. The first kappa shape index (κ1) is 19.2. The first-order valence-electron chi connectivity index (χ1n) is 8.03. The molecule has 1 aromatic carbocycles. The van der Waals surface area contributed by atoms with Crippen LogP contribution in [0.5, 0.6) is 0 Å². The SMILES string of the molecule is C[C@H](OC(=O)c1cc2ccccc2c(=O)[nH]1)C(=O)NC(=O)NC(C)(C)C. The maximum absolute atomic E-state index is 12.2. The topological polar surface area (TPSA) is 117 Å². The van der Waals surface area contributed by atoms with Crippen LogP contribution in [0.4, 0.5) is 4.79 Å². The highest BCUT2D eigenvalue weighted by Crippen LogP contribution is 2.11. The Bertz CT molecular complexity index is 911. The van der Waals surface area contributed by atoms with Crippen LogP contribution in [0.1, 0.15) is 38.2 Å². The van der Waals surface area contributed by atoms with Crippen LogP contribution in [0.2, 0.25) is 0 Å². The first-order valence-corrected chi connectivity index (χ1v) is 8.03. The Labute approximate surface area is 149 Å². The molecule has 3 amide bonds. The molecule has 0 saturated heterocycles. The number of nitrogens with one attached hydrogen (secondary N) is 3. The van der Waals surface area contributed by atoms with Crippen molar-refractivity contribution in [3.8, 4) is 0 Å². The Morgan fingerprint density at radius 3 is 2.46 bits per heavy atom. The molecule has 0 spiro atoms. The van der Waals surface area contributed by atoms with E-state index in [-0.39, 0.29) is 5.69 Å². The van der Waals surface area contributed by atoms with Crippen LogP contribution in [-0.4, -0.2) is 34.5 Å². The van der Waals surface area contributed by atoms with Gasteiger partial charge in [0.25, 0.3) is 11.5 Å². The smallest absolute Gasteiger partial charge is 0.355 e. The van der Waals surface area contributed by atoms with Gasteiger partial charge < -0.3 is 15.0 Å². The van der Waals surface area contributed by atoms with Gasteiger partial charge in [0.2, 0.25) is 0 Å². The summed E-state index contributed by atoms with van der Waals surface area (Å²) in [6.07, 6.45) is -1.22. The summed E-state index contributed by atoms with van der Waals surface area (Å²) in [7, 11) is 0. The monoisotopic (exact) mass is 359 g/mol. The van der Waals surface area contributed by atoms with E-state index in [4.69, 9.17) is 4.74 Å². The molecule has 1 atom stereocenters. The molecule has 0 aliphatic carbocycles. The third-order valence-corrected chi connectivity index (χ3v) is 3.35. The van der Waals surface area contributed by atoms with Gasteiger partial charge in [-0.1, -0.05) is 18.2 Å². The predicted octanol–water partition coefficient (Wildman–Crippen LogP) is 1.70. The number of rotatable bonds is 3. The molecular formula is C18H21N3O5. The van der Waals surface area contributed by atoms with Gasteiger partial charge in [0.05, 0.1) is 0 Å². The summed E-state index contributed by atoms with van der Waals surface area (Å²) in [5.74, 6) is -1.64. The highest BCUT2D eigenvalue weighted by Gasteiger charge is 2.23. The van der Waals surface area contributed by atoms with Crippen molar-refractivity contribution in [3.05, 3.63) is 46.4 Å². The molecule has 2 aromatic rings.